The van der Waals surface area contributed by atoms with Crippen molar-refractivity contribution in [1.29, 1.82) is 0 Å². The monoisotopic (exact) mass is 1080 g/mol. The molecule has 0 aromatic rings. The predicted octanol–water partition coefficient (Wildman–Crippen LogP) is 15.4. The maximum atomic E-state index is 13.1. The van der Waals surface area contributed by atoms with Crippen LogP contribution in [0, 0.1) is 0 Å². The molecule has 12 nitrogen and oxygen atoms in total. The van der Waals surface area contributed by atoms with Crippen molar-refractivity contribution in [3.8, 4) is 0 Å². The number of unbranched alkanes of at least 4 members (excludes halogenated alkanes) is 17. The Morgan fingerprint density at radius 1 is 0.442 bits per heavy atom. The van der Waals surface area contributed by atoms with Crippen LogP contribution in [-0.2, 0) is 42.9 Å². The van der Waals surface area contributed by atoms with Gasteiger partial charge >= 0.3 is 23.9 Å². The van der Waals surface area contributed by atoms with E-state index in [1.807, 2.05) is 0 Å². The molecular weight excluding hydrogens is 973 g/mol. The third-order valence-electron chi connectivity index (χ3n) is 12.8. The van der Waals surface area contributed by atoms with Gasteiger partial charge in [0, 0.05) is 19.3 Å². The Morgan fingerprint density at radius 3 is 1.27 bits per heavy atom. The number of aliphatic carboxylic acids is 1. The number of aliphatic hydroxyl groups is 2. The second-order valence-electron chi connectivity index (χ2n) is 19.9. The van der Waals surface area contributed by atoms with Crippen LogP contribution in [0.1, 0.15) is 226 Å². The molecule has 0 aliphatic carbocycles. The average molecular weight is 1080 g/mol. The lowest BCUT2D eigenvalue weighted by Crippen LogP contribution is -2.61. The molecule has 1 fully saturated rings. The fourth-order valence-electron chi connectivity index (χ4n) is 8.28. The van der Waals surface area contributed by atoms with Crippen molar-refractivity contribution in [2.45, 2.75) is 263 Å². The standard InChI is InChI=1S/C65H104O12/c1-4-7-10-13-16-19-22-25-28-29-32-35-38-41-44-47-50-53-59(68)76-63-61(70)60(69)62(64(71)72)77-65(63)74-55-56(75-58(67)52-49-46-43-40-37-34-31-27-24-21-18-15-12-9-6-3)54-73-57(66)51-48-45-42-39-36-33-30-26-23-20-17-14-11-8-5-2/h8-9,11-12,16-21,25-28,30-31,36,39,56,60-63,65,69-70H,4-7,10,13-15,22-24,29,32-35,37-38,40-55H2,1-3H3,(H,71,72)/b11-8-,12-9-,19-16-,20-17-,21-18-,28-25-,30-26-,31-27-,39-36-. The third kappa shape index (κ3) is 42.1. The van der Waals surface area contributed by atoms with E-state index in [-0.39, 0.29) is 25.9 Å². The summed E-state index contributed by atoms with van der Waals surface area (Å²) in [6, 6.07) is 0. The van der Waals surface area contributed by atoms with E-state index in [0.29, 0.717) is 19.3 Å². The van der Waals surface area contributed by atoms with Crippen LogP contribution in [0.4, 0.5) is 0 Å². The van der Waals surface area contributed by atoms with Gasteiger partial charge in [-0.3, -0.25) is 14.4 Å². The molecule has 77 heavy (non-hydrogen) atoms. The van der Waals surface area contributed by atoms with Crippen molar-refractivity contribution >= 4 is 23.9 Å². The minimum absolute atomic E-state index is 0.0400. The molecule has 0 amide bonds. The van der Waals surface area contributed by atoms with E-state index in [4.69, 9.17) is 23.7 Å². The van der Waals surface area contributed by atoms with Crippen LogP contribution < -0.4 is 0 Å². The first-order valence-electron chi connectivity index (χ1n) is 29.9. The molecule has 0 bridgehead atoms. The van der Waals surface area contributed by atoms with Gasteiger partial charge in [-0.25, -0.2) is 4.79 Å². The molecule has 1 saturated heterocycles. The summed E-state index contributed by atoms with van der Waals surface area (Å²) in [5.41, 5.74) is 0. The van der Waals surface area contributed by atoms with E-state index in [1.54, 1.807) is 0 Å². The largest absolute Gasteiger partial charge is 0.479 e. The number of ether oxygens (including phenoxy) is 5. The van der Waals surface area contributed by atoms with Gasteiger partial charge in [0.15, 0.2) is 24.6 Å². The van der Waals surface area contributed by atoms with E-state index >= 15 is 0 Å². The summed E-state index contributed by atoms with van der Waals surface area (Å²) in [5.74, 6) is -3.22. The number of allylic oxidation sites excluding steroid dienone is 18. The molecule has 1 aliphatic heterocycles. The first-order chi connectivity index (χ1) is 37.6. The smallest absolute Gasteiger partial charge is 0.335 e. The fourth-order valence-corrected chi connectivity index (χ4v) is 8.28. The highest BCUT2D eigenvalue weighted by Crippen LogP contribution is 2.26. The van der Waals surface area contributed by atoms with Crippen molar-refractivity contribution in [1.82, 2.24) is 0 Å². The molecule has 3 N–H and O–H groups in total. The average Bonchev–Trinajstić information content (AvgIpc) is 3.42. The summed E-state index contributed by atoms with van der Waals surface area (Å²) in [4.78, 5) is 51.2. The number of hydrogen-bond donors (Lipinski definition) is 3. The number of carbonyl (C=O) groups excluding carboxylic acids is 3. The Kier molecular flexibility index (Phi) is 47.6. The summed E-state index contributed by atoms with van der Waals surface area (Å²) in [5, 5.41) is 31.5. The zero-order chi connectivity index (χ0) is 56.1. The number of rotatable bonds is 49. The van der Waals surface area contributed by atoms with Crippen molar-refractivity contribution in [2.75, 3.05) is 13.2 Å². The van der Waals surface area contributed by atoms with Gasteiger partial charge in [-0.1, -0.05) is 194 Å². The number of carbonyl (C=O) groups is 4. The summed E-state index contributed by atoms with van der Waals surface area (Å²) in [6.07, 6.45) is 57.7. The van der Waals surface area contributed by atoms with E-state index in [2.05, 4.69) is 130 Å². The zero-order valence-corrected chi connectivity index (χ0v) is 47.9. The lowest BCUT2D eigenvalue weighted by Gasteiger charge is -2.40. The summed E-state index contributed by atoms with van der Waals surface area (Å²) < 4.78 is 28.4. The normalized spacial score (nSPS) is 18.8. The van der Waals surface area contributed by atoms with E-state index < -0.39 is 67.3 Å². The molecule has 436 valence electrons. The Morgan fingerprint density at radius 2 is 0.818 bits per heavy atom. The van der Waals surface area contributed by atoms with Crippen molar-refractivity contribution in [3.63, 3.8) is 0 Å². The highest BCUT2D eigenvalue weighted by Gasteiger charge is 2.50. The van der Waals surface area contributed by atoms with Gasteiger partial charge < -0.3 is 39.0 Å². The van der Waals surface area contributed by atoms with E-state index in [9.17, 15) is 34.5 Å². The first-order valence-corrected chi connectivity index (χ1v) is 29.9. The molecule has 6 unspecified atom stereocenters. The van der Waals surface area contributed by atoms with Crippen LogP contribution in [0.2, 0.25) is 0 Å². The Hall–Kier alpha value is -4.62. The van der Waals surface area contributed by atoms with Crippen LogP contribution >= 0.6 is 0 Å². The molecule has 12 heteroatoms. The molecule has 6 atom stereocenters. The van der Waals surface area contributed by atoms with Gasteiger partial charge in [0.1, 0.15) is 18.8 Å². The second-order valence-corrected chi connectivity index (χ2v) is 19.9. The van der Waals surface area contributed by atoms with Crippen LogP contribution in [0.5, 0.6) is 0 Å². The molecule has 0 aromatic heterocycles. The van der Waals surface area contributed by atoms with Crippen molar-refractivity contribution in [2.24, 2.45) is 0 Å². The molecule has 0 saturated carbocycles. The van der Waals surface area contributed by atoms with Gasteiger partial charge in [0.2, 0.25) is 0 Å². The van der Waals surface area contributed by atoms with Crippen molar-refractivity contribution in [3.05, 3.63) is 109 Å². The maximum Gasteiger partial charge on any atom is 0.335 e. The van der Waals surface area contributed by atoms with Gasteiger partial charge in [-0.15, -0.1) is 0 Å². The number of carboxylic acids is 1. The van der Waals surface area contributed by atoms with Gasteiger partial charge in [-0.2, -0.15) is 0 Å². The molecule has 1 heterocycles. The third-order valence-corrected chi connectivity index (χ3v) is 12.8. The summed E-state index contributed by atoms with van der Waals surface area (Å²) in [6.45, 7) is 5.68. The zero-order valence-electron chi connectivity index (χ0n) is 47.9. The number of aliphatic hydroxyl groups excluding tert-OH is 2. The minimum Gasteiger partial charge on any atom is -0.479 e. The quantitative estimate of drug-likeness (QED) is 0.0228. The van der Waals surface area contributed by atoms with E-state index in [0.717, 1.165) is 148 Å². The fraction of sp³-hybridized carbons (Fsp3) is 0.662. The van der Waals surface area contributed by atoms with Crippen LogP contribution in [0.25, 0.3) is 0 Å². The lowest BCUT2D eigenvalue weighted by atomic mass is 9.98. The Labute approximate surface area is 465 Å². The summed E-state index contributed by atoms with van der Waals surface area (Å²) in [7, 11) is 0. The van der Waals surface area contributed by atoms with Gasteiger partial charge in [0.05, 0.1) is 6.61 Å². The van der Waals surface area contributed by atoms with Crippen LogP contribution in [-0.4, -0.2) is 89.2 Å². The predicted molar refractivity (Wildman–Crippen MR) is 312 cm³/mol. The topological polar surface area (TPSA) is 175 Å². The van der Waals surface area contributed by atoms with Crippen molar-refractivity contribution < 1.29 is 58.2 Å². The first kappa shape index (κ1) is 70.4. The SMILES string of the molecule is CC/C=C\C/C=C\C/C=C\C/C=C\CCCCC(=O)OCC(COC1OC(C(=O)O)C(O)C(O)C1OC(=O)CCCCCCCCC/C=C\C/C=C\CCCCC)OC(=O)CCCCCCC/C=C\C/C=C\C/C=C\CC. The number of carboxylic acid groups (broad SMARTS) is 1. The van der Waals surface area contributed by atoms with Crippen LogP contribution in [0.15, 0.2) is 109 Å². The molecule has 0 radical (unpaired) electrons. The Balaban J connectivity index is 2.73. The maximum absolute atomic E-state index is 13.1. The van der Waals surface area contributed by atoms with Gasteiger partial charge in [-0.05, 0) is 122 Å². The molecule has 1 rings (SSSR count). The van der Waals surface area contributed by atoms with E-state index in [1.165, 1.54) is 19.3 Å². The molecular formula is C65H104O12. The number of esters is 3. The van der Waals surface area contributed by atoms with Crippen LogP contribution in [0.3, 0.4) is 0 Å². The Bertz CT molecular complexity index is 1750. The second kappa shape index (κ2) is 52.1. The highest BCUT2D eigenvalue weighted by molar-refractivity contribution is 5.74. The number of hydrogen-bond acceptors (Lipinski definition) is 11. The van der Waals surface area contributed by atoms with Gasteiger partial charge in [0.25, 0.3) is 0 Å². The molecule has 0 spiro atoms. The minimum atomic E-state index is -1.92. The molecule has 1 aliphatic rings. The highest BCUT2D eigenvalue weighted by atomic mass is 16.7. The molecule has 0 aromatic carbocycles. The summed E-state index contributed by atoms with van der Waals surface area (Å²) >= 11 is 0. The lowest BCUT2D eigenvalue weighted by molar-refractivity contribution is -0.301.